The first-order chi connectivity index (χ1) is 13.2. The van der Waals surface area contributed by atoms with Gasteiger partial charge in [-0.15, -0.1) is 11.3 Å². The fourth-order valence-corrected chi connectivity index (χ4v) is 5.22. The lowest BCUT2D eigenvalue weighted by Gasteiger charge is -2.33. The van der Waals surface area contributed by atoms with Crippen LogP contribution in [0.4, 0.5) is 5.82 Å². The summed E-state index contributed by atoms with van der Waals surface area (Å²) in [6.07, 6.45) is 6.91. The van der Waals surface area contributed by atoms with Gasteiger partial charge in [0, 0.05) is 42.5 Å². The lowest BCUT2D eigenvalue weighted by Crippen LogP contribution is -2.56. The molecule has 3 N–H and O–H groups in total. The van der Waals surface area contributed by atoms with Gasteiger partial charge in [-0.05, 0) is 37.0 Å². The first kappa shape index (κ1) is 16.6. The molecule has 1 fully saturated rings. The van der Waals surface area contributed by atoms with E-state index < -0.39 is 0 Å². The van der Waals surface area contributed by atoms with Crippen LogP contribution in [0.1, 0.15) is 16.9 Å². The van der Waals surface area contributed by atoms with Crippen LogP contribution in [0.25, 0.3) is 21.6 Å². The van der Waals surface area contributed by atoms with Crippen LogP contribution in [0.2, 0.25) is 0 Å². The van der Waals surface area contributed by atoms with Crippen molar-refractivity contribution in [3.63, 3.8) is 0 Å². The molecule has 1 atom stereocenters. The largest absolute Gasteiger partial charge is 0.368 e. The van der Waals surface area contributed by atoms with Crippen LogP contribution >= 0.6 is 11.3 Å². The summed E-state index contributed by atoms with van der Waals surface area (Å²) in [7, 11) is 0. The van der Waals surface area contributed by atoms with Crippen LogP contribution in [0.15, 0.2) is 24.5 Å². The van der Waals surface area contributed by atoms with E-state index in [1.54, 1.807) is 23.7 Å². The van der Waals surface area contributed by atoms with Gasteiger partial charge in [-0.25, -0.2) is 9.97 Å². The lowest BCUT2D eigenvalue weighted by atomic mass is 10.1. The molecule has 0 bridgehead atoms. The Hall–Kier alpha value is -2.58. The summed E-state index contributed by atoms with van der Waals surface area (Å²) in [6.45, 7) is 2.01. The van der Waals surface area contributed by atoms with Crippen molar-refractivity contribution >= 4 is 33.3 Å². The standard InChI is InChI=1S/C19H20N6OS/c20-16(26)13-10-25(8-7-22-13)18-15-12-4-1-5-14(12)27-19(15)24-17(23-18)11-3-2-6-21-9-11/h2-3,6,9,13,22H,1,4-5,7-8,10H2,(H2,20,26)/t13-/m1/s1. The van der Waals surface area contributed by atoms with Gasteiger partial charge < -0.3 is 16.0 Å². The smallest absolute Gasteiger partial charge is 0.236 e. The second kappa shape index (κ2) is 6.54. The second-order valence-electron chi connectivity index (χ2n) is 7.01. The number of nitrogens with one attached hydrogen (secondary N) is 1. The monoisotopic (exact) mass is 380 g/mol. The van der Waals surface area contributed by atoms with Gasteiger partial charge in [-0.3, -0.25) is 9.78 Å². The average Bonchev–Trinajstić information content (AvgIpc) is 3.29. The first-order valence-corrected chi connectivity index (χ1v) is 10.0. The Kier molecular flexibility index (Phi) is 4.02. The van der Waals surface area contributed by atoms with Crippen molar-refractivity contribution in [3.8, 4) is 11.4 Å². The number of anilines is 1. The Balaban J connectivity index is 1.67. The van der Waals surface area contributed by atoms with E-state index in [2.05, 4.69) is 15.2 Å². The van der Waals surface area contributed by atoms with Crippen LogP contribution < -0.4 is 16.0 Å². The highest BCUT2D eigenvalue weighted by Crippen LogP contribution is 2.41. The van der Waals surface area contributed by atoms with Crippen molar-refractivity contribution in [2.45, 2.75) is 25.3 Å². The highest BCUT2D eigenvalue weighted by Gasteiger charge is 2.29. The number of carbonyl (C=O) groups is 1. The molecular formula is C19H20N6OS. The number of primary amides is 1. The maximum atomic E-state index is 11.7. The predicted octanol–water partition coefficient (Wildman–Crippen LogP) is 1.51. The number of amides is 1. The van der Waals surface area contributed by atoms with Crippen molar-refractivity contribution in [3.05, 3.63) is 35.0 Å². The van der Waals surface area contributed by atoms with E-state index in [-0.39, 0.29) is 11.9 Å². The van der Waals surface area contributed by atoms with E-state index in [1.807, 2.05) is 12.1 Å². The Morgan fingerprint density at radius 1 is 1.33 bits per heavy atom. The molecule has 138 valence electrons. The number of nitrogens with two attached hydrogens (primary N) is 1. The van der Waals surface area contributed by atoms with E-state index in [0.717, 1.165) is 41.0 Å². The van der Waals surface area contributed by atoms with Gasteiger partial charge in [0.15, 0.2) is 5.82 Å². The SMILES string of the molecule is NC(=O)[C@H]1CN(c2nc(-c3cccnc3)nc3sc4c(c23)CCC4)CCN1. The molecule has 5 rings (SSSR count). The fraction of sp³-hybridized carbons (Fsp3) is 0.368. The second-order valence-corrected chi connectivity index (χ2v) is 8.09. The summed E-state index contributed by atoms with van der Waals surface area (Å²) in [5, 5.41) is 4.35. The Labute approximate surface area is 160 Å². The summed E-state index contributed by atoms with van der Waals surface area (Å²) < 4.78 is 0. The van der Waals surface area contributed by atoms with Crippen molar-refractivity contribution < 1.29 is 4.79 Å². The molecule has 7 nitrogen and oxygen atoms in total. The van der Waals surface area contributed by atoms with Crippen molar-refractivity contribution in [2.24, 2.45) is 5.73 Å². The number of rotatable bonds is 3. The number of nitrogens with zero attached hydrogens (tertiary/aromatic N) is 4. The number of aryl methyl sites for hydroxylation is 2. The number of carbonyl (C=O) groups excluding carboxylic acids is 1. The van der Waals surface area contributed by atoms with Crippen LogP contribution in [0.5, 0.6) is 0 Å². The van der Waals surface area contributed by atoms with Gasteiger partial charge in [0.05, 0.1) is 5.39 Å². The molecule has 3 aromatic heterocycles. The van der Waals surface area contributed by atoms with Crippen molar-refractivity contribution in [2.75, 3.05) is 24.5 Å². The molecule has 27 heavy (non-hydrogen) atoms. The van der Waals surface area contributed by atoms with Crippen LogP contribution in [-0.2, 0) is 17.6 Å². The molecule has 0 unspecified atom stereocenters. The van der Waals surface area contributed by atoms with Crippen LogP contribution in [-0.4, -0.2) is 46.5 Å². The predicted molar refractivity (Wildman–Crippen MR) is 106 cm³/mol. The van der Waals surface area contributed by atoms with E-state index >= 15 is 0 Å². The van der Waals surface area contributed by atoms with Crippen LogP contribution in [0.3, 0.4) is 0 Å². The molecule has 0 aromatic carbocycles. The maximum absolute atomic E-state index is 11.7. The zero-order chi connectivity index (χ0) is 18.4. The highest BCUT2D eigenvalue weighted by molar-refractivity contribution is 7.19. The first-order valence-electron chi connectivity index (χ1n) is 9.21. The molecule has 1 aliphatic heterocycles. The number of fused-ring (bicyclic) bond motifs is 3. The van der Waals surface area contributed by atoms with Gasteiger partial charge in [0.2, 0.25) is 5.91 Å². The molecule has 1 aliphatic carbocycles. The van der Waals surface area contributed by atoms with Gasteiger partial charge in [0.1, 0.15) is 16.7 Å². The fourth-order valence-electron chi connectivity index (χ4n) is 3.96. The molecule has 1 saturated heterocycles. The van der Waals surface area contributed by atoms with Gasteiger partial charge in [-0.1, -0.05) is 0 Å². The number of hydrogen-bond acceptors (Lipinski definition) is 7. The molecule has 8 heteroatoms. The highest BCUT2D eigenvalue weighted by atomic mass is 32.1. The summed E-state index contributed by atoms with van der Waals surface area (Å²) in [5.41, 5.74) is 7.83. The third kappa shape index (κ3) is 2.85. The summed E-state index contributed by atoms with van der Waals surface area (Å²) >= 11 is 1.78. The minimum Gasteiger partial charge on any atom is -0.368 e. The average molecular weight is 380 g/mol. The minimum absolute atomic E-state index is 0.326. The van der Waals surface area contributed by atoms with Crippen molar-refractivity contribution in [1.82, 2.24) is 20.3 Å². The van der Waals surface area contributed by atoms with E-state index in [9.17, 15) is 4.79 Å². The summed E-state index contributed by atoms with van der Waals surface area (Å²) in [5.74, 6) is 1.28. The molecular weight excluding hydrogens is 360 g/mol. The normalized spacial score (nSPS) is 19.4. The van der Waals surface area contributed by atoms with Gasteiger partial charge in [-0.2, -0.15) is 0 Å². The zero-order valence-electron chi connectivity index (χ0n) is 14.8. The minimum atomic E-state index is -0.364. The number of piperazine rings is 1. The molecule has 0 saturated carbocycles. The Morgan fingerprint density at radius 3 is 3.07 bits per heavy atom. The number of hydrogen-bond donors (Lipinski definition) is 2. The third-order valence-electron chi connectivity index (χ3n) is 5.28. The Bertz CT molecular complexity index is 1020. The quantitative estimate of drug-likeness (QED) is 0.715. The lowest BCUT2D eigenvalue weighted by molar-refractivity contribution is -0.120. The summed E-state index contributed by atoms with van der Waals surface area (Å²) in [6, 6.07) is 3.51. The van der Waals surface area contributed by atoms with Gasteiger partial charge >= 0.3 is 0 Å². The molecule has 2 aliphatic rings. The van der Waals surface area contributed by atoms with Crippen molar-refractivity contribution in [1.29, 1.82) is 0 Å². The van der Waals surface area contributed by atoms with E-state index in [1.165, 1.54) is 16.9 Å². The van der Waals surface area contributed by atoms with E-state index in [0.29, 0.717) is 18.9 Å². The zero-order valence-corrected chi connectivity index (χ0v) is 15.6. The van der Waals surface area contributed by atoms with Crippen LogP contribution in [0, 0.1) is 0 Å². The molecule has 1 amide bonds. The molecule has 3 aromatic rings. The number of aromatic nitrogens is 3. The molecule has 4 heterocycles. The molecule has 0 radical (unpaired) electrons. The maximum Gasteiger partial charge on any atom is 0.236 e. The van der Waals surface area contributed by atoms with Gasteiger partial charge in [0.25, 0.3) is 0 Å². The van der Waals surface area contributed by atoms with E-state index in [4.69, 9.17) is 15.7 Å². The topological polar surface area (TPSA) is 97.0 Å². The molecule has 0 spiro atoms. The third-order valence-corrected chi connectivity index (χ3v) is 6.47. The Morgan fingerprint density at radius 2 is 2.26 bits per heavy atom. The number of thiophene rings is 1. The number of pyridine rings is 1. The summed E-state index contributed by atoms with van der Waals surface area (Å²) in [4.78, 5) is 30.3.